The molecule has 1 aliphatic rings. The van der Waals surface area contributed by atoms with Crippen LogP contribution in [0.4, 0.5) is 8.78 Å². The molecular weight excluding hydrogens is 480 g/mol. The van der Waals surface area contributed by atoms with Gasteiger partial charge in [-0.3, -0.25) is 14.4 Å². The second-order valence-corrected chi connectivity index (χ2v) is 9.67. The van der Waals surface area contributed by atoms with Gasteiger partial charge in [-0.25, -0.2) is 8.78 Å². The highest BCUT2D eigenvalue weighted by atomic mass is 35.5. The van der Waals surface area contributed by atoms with Gasteiger partial charge in [-0.1, -0.05) is 51.3 Å². The first-order chi connectivity index (χ1) is 16.5. The Balaban J connectivity index is 2.00. The minimum Gasteiger partial charge on any atom is -0.503 e. The number of aromatic hydroxyl groups is 1. The Hall–Kier alpha value is -2.94. The summed E-state index contributed by atoms with van der Waals surface area (Å²) in [6.07, 6.45) is 3.72. The van der Waals surface area contributed by atoms with E-state index in [1.54, 1.807) is 4.90 Å². The van der Waals surface area contributed by atoms with Gasteiger partial charge < -0.3 is 19.9 Å². The van der Waals surface area contributed by atoms with Gasteiger partial charge in [-0.05, 0) is 25.3 Å². The number of halogens is 3. The monoisotopic (exact) mass is 509 g/mol. The number of fused-ring (bicyclic) bond motifs is 1. The summed E-state index contributed by atoms with van der Waals surface area (Å²) in [5.74, 6) is -3.88. The van der Waals surface area contributed by atoms with Crippen LogP contribution in [0.2, 0.25) is 5.02 Å². The normalized spacial score (nSPS) is 17.6. The summed E-state index contributed by atoms with van der Waals surface area (Å²) < 4.78 is 29.1. The van der Waals surface area contributed by atoms with Crippen molar-refractivity contribution in [2.45, 2.75) is 65.6 Å². The van der Waals surface area contributed by atoms with E-state index in [-0.39, 0.29) is 41.4 Å². The van der Waals surface area contributed by atoms with E-state index in [0.717, 1.165) is 25.0 Å². The number of benzene rings is 1. The minimum atomic E-state index is -1.01. The largest absolute Gasteiger partial charge is 0.503 e. The number of carbonyl (C=O) groups is 2. The van der Waals surface area contributed by atoms with Crippen LogP contribution in [0.3, 0.4) is 0 Å². The summed E-state index contributed by atoms with van der Waals surface area (Å²) in [4.78, 5) is 40.7. The van der Waals surface area contributed by atoms with Gasteiger partial charge in [0, 0.05) is 30.9 Å². The zero-order valence-corrected chi connectivity index (χ0v) is 21.0. The molecule has 0 radical (unpaired) electrons. The van der Waals surface area contributed by atoms with E-state index in [0.29, 0.717) is 13.0 Å². The molecule has 10 heteroatoms. The molecule has 1 unspecified atom stereocenters. The number of pyridine rings is 1. The maximum Gasteiger partial charge on any atom is 0.274 e. The summed E-state index contributed by atoms with van der Waals surface area (Å²) >= 11 is 5.58. The third-order valence-electron chi connectivity index (χ3n) is 6.29. The van der Waals surface area contributed by atoms with Crippen LogP contribution < -0.4 is 10.7 Å². The average Bonchev–Trinajstić information content (AvgIpc) is 2.81. The molecule has 2 aromatic rings. The predicted octanol–water partition coefficient (Wildman–Crippen LogP) is 4.65. The molecule has 2 amide bonds. The molecule has 0 aliphatic carbocycles. The predicted molar refractivity (Wildman–Crippen MR) is 129 cm³/mol. The number of unbranched alkanes of at least 4 members (excludes halogenated alkanes) is 1. The molecule has 1 aliphatic heterocycles. The molecule has 3 rings (SSSR count). The van der Waals surface area contributed by atoms with E-state index in [1.165, 1.54) is 10.8 Å². The fourth-order valence-electron chi connectivity index (χ4n) is 4.43. The van der Waals surface area contributed by atoms with Crippen molar-refractivity contribution in [3.05, 3.63) is 62.0 Å². The van der Waals surface area contributed by atoms with E-state index in [1.807, 2.05) is 27.7 Å². The molecule has 190 valence electrons. The van der Waals surface area contributed by atoms with Gasteiger partial charge >= 0.3 is 0 Å². The summed E-state index contributed by atoms with van der Waals surface area (Å²) in [6.45, 7) is 8.02. The number of nitrogens with zero attached hydrogens (tertiary/aromatic N) is 2. The molecule has 0 saturated carbocycles. The first kappa shape index (κ1) is 26.7. The van der Waals surface area contributed by atoms with Gasteiger partial charge in [-0.15, -0.1) is 0 Å². The first-order valence-electron chi connectivity index (χ1n) is 11.7. The molecule has 0 spiro atoms. The third-order valence-corrected chi connectivity index (χ3v) is 6.64. The van der Waals surface area contributed by atoms with Crippen LogP contribution in [-0.4, -0.2) is 39.0 Å². The lowest BCUT2D eigenvalue weighted by Gasteiger charge is -2.43. The van der Waals surface area contributed by atoms with Crippen LogP contribution in [0.15, 0.2) is 23.1 Å². The highest BCUT2D eigenvalue weighted by molar-refractivity contribution is 6.30. The van der Waals surface area contributed by atoms with Crippen molar-refractivity contribution in [2.24, 2.45) is 5.92 Å². The van der Waals surface area contributed by atoms with Crippen molar-refractivity contribution >= 4 is 23.4 Å². The number of carbonyl (C=O) groups excluding carboxylic acids is 2. The van der Waals surface area contributed by atoms with Crippen molar-refractivity contribution in [3.8, 4) is 5.75 Å². The average molecular weight is 510 g/mol. The molecule has 2 N–H and O–H groups in total. The molecule has 0 saturated heterocycles. The van der Waals surface area contributed by atoms with E-state index < -0.39 is 39.6 Å². The van der Waals surface area contributed by atoms with Crippen molar-refractivity contribution in [1.82, 2.24) is 14.8 Å². The Morgan fingerprint density at radius 3 is 2.57 bits per heavy atom. The van der Waals surface area contributed by atoms with Gasteiger partial charge in [0.05, 0.1) is 6.04 Å². The molecule has 2 atom stereocenters. The quantitative estimate of drug-likeness (QED) is 0.507. The van der Waals surface area contributed by atoms with E-state index in [9.17, 15) is 28.3 Å². The van der Waals surface area contributed by atoms with Crippen LogP contribution in [0.5, 0.6) is 5.75 Å². The Kier molecular flexibility index (Phi) is 8.20. The second-order valence-electron chi connectivity index (χ2n) is 9.30. The molecule has 35 heavy (non-hydrogen) atoms. The van der Waals surface area contributed by atoms with E-state index in [2.05, 4.69) is 5.32 Å². The van der Waals surface area contributed by atoms with Crippen LogP contribution in [-0.2, 0) is 6.54 Å². The lowest BCUT2D eigenvalue weighted by molar-refractivity contribution is 0.0492. The fourth-order valence-corrected chi connectivity index (χ4v) is 4.61. The summed E-state index contributed by atoms with van der Waals surface area (Å²) in [5.41, 5.74) is -1.57. The summed E-state index contributed by atoms with van der Waals surface area (Å²) in [6, 6.07) is 1.63. The zero-order valence-electron chi connectivity index (χ0n) is 20.2. The van der Waals surface area contributed by atoms with Gasteiger partial charge in [0.2, 0.25) is 5.43 Å². The lowest BCUT2D eigenvalue weighted by atomic mass is 9.95. The zero-order chi connectivity index (χ0) is 26.0. The number of hydrogen-bond donors (Lipinski definition) is 2. The second kappa shape index (κ2) is 10.8. The highest BCUT2D eigenvalue weighted by Gasteiger charge is 2.40. The lowest BCUT2D eigenvalue weighted by Crippen LogP contribution is -2.51. The Morgan fingerprint density at radius 2 is 1.94 bits per heavy atom. The summed E-state index contributed by atoms with van der Waals surface area (Å²) in [5, 5.41) is 12.5. The smallest absolute Gasteiger partial charge is 0.274 e. The van der Waals surface area contributed by atoms with Crippen LogP contribution in [0, 0.1) is 17.6 Å². The third kappa shape index (κ3) is 5.19. The molecule has 0 fully saturated rings. The SMILES string of the molecule is CCCC[C@@H]1C(C)N(CC(C)C)C(=O)c2c(O)c(=O)c(C(=O)NCc3ccc(F)c(Cl)c3F)cn21. The standard InChI is InChI=1S/C25H30ClF2N3O4/c1-5-6-7-18-14(4)30(11-13(2)3)25(35)21-23(33)22(32)16(12-31(18)21)24(34)29-10-15-8-9-17(27)19(26)20(15)28/h8-9,12-14,18,33H,5-7,10-11H2,1-4H3,(H,29,34)/t14?,18-/m1/s1. The number of amides is 2. The Labute approximate surface area is 207 Å². The number of rotatable bonds is 8. The van der Waals surface area contributed by atoms with E-state index in [4.69, 9.17) is 11.6 Å². The van der Waals surface area contributed by atoms with Crippen LogP contribution >= 0.6 is 11.6 Å². The van der Waals surface area contributed by atoms with Gasteiger partial charge in [0.1, 0.15) is 22.2 Å². The van der Waals surface area contributed by atoms with Crippen LogP contribution in [0.1, 0.15) is 79.4 Å². The fraction of sp³-hybridized carbons (Fsp3) is 0.480. The van der Waals surface area contributed by atoms with Crippen molar-refractivity contribution in [3.63, 3.8) is 0 Å². The maximum atomic E-state index is 14.2. The Bertz CT molecular complexity index is 1200. The Morgan fingerprint density at radius 1 is 1.26 bits per heavy atom. The highest BCUT2D eigenvalue weighted by Crippen LogP contribution is 2.34. The van der Waals surface area contributed by atoms with Crippen molar-refractivity contribution < 1.29 is 23.5 Å². The first-order valence-corrected chi connectivity index (χ1v) is 12.1. The molecule has 7 nitrogen and oxygen atoms in total. The van der Waals surface area contributed by atoms with Gasteiger partial charge in [0.15, 0.2) is 11.4 Å². The molecule has 0 bridgehead atoms. The van der Waals surface area contributed by atoms with Crippen LogP contribution in [0.25, 0.3) is 0 Å². The molecule has 1 aromatic heterocycles. The number of aromatic nitrogens is 1. The topological polar surface area (TPSA) is 91.6 Å². The molecular formula is C25H30ClF2N3O4. The van der Waals surface area contributed by atoms with Crippen molar-refractivity contribution in [1.29, 1.82) is 0 Å². The minimum absolute atomic E-state index is 0.0685. The number of hydrogen-bond acceptors (Lipinski definition) is 4. The maximum absolute atomic E-state index is 14.2. The number of nitrogens with one attached hydrogen (secondary N) is 1. The van der Waals surface area contributed by atoms with Gasteiger partial charge in [0.25, 0.3) is 11.8 Å². The van der Waals surface area contributed by atoms with E-state index >= 15 is 0 Å². The molecule has 2 heterocycles. The molecule has 1 aromatic carbocycles. The van der Waals surface area contributed by atoms with Gasteiger partial charge in [-0.2, -0.15) is 0 Å². The summed E-state index contributed by atoms with van der Waals surface area (Å²) in [7, 11) is 0. The van der Waals surface area contributed by atoms with Crippen molar-refractivity contribution in [2.75, 3.05) is 6.54 Å².